The molecule has 0 atom stereocenters. The second-order valence-corrected chi connectivity index (χ2v) is 5.30. The molecule has 0 fully saturated rings. The first kappa shape index (κ1) is 15.9. The van der Waals surface area contributed by atoms with Crippen LogP contribution in [0.2, 0.25) is 0 Å². The molecule has 0 aliphatic carbocycles. The number of ether oxygens (including phenoxy) is 2. The maximum absolute atomic E-state index is 11.7. The molecule has 0 amide bonds. The number of hydrogen-bond donors (Lipinski definition) is 1. The fraction of sp³-hybridized carbons (Fsp3) is 0.833. The summed E-state index contributed by atoms with van der Waals surface area (Å²) in [5.41, 5.74) is -1.55. The second-order valence-electron chi connectivity index (χ2n) is 5.30. The quantitative estimate of drug-likeness (QED) is 0.711. The minimum Gasteiger partial charge on any atom is -0.469 e. The molecule has 0 bridgehead atoms. The van der Waals surface area contributed by atoms with Gasteiger partial charge in [-0.25, -0.2) is 0 Å². The van der Waals surface area contributed by atoms with Crippen LogP contribution in [0.3, 0.4) is 0 Å². The minimum atomic E-state index is -0.799. The van der Waals surface area contributed by atoms with Crippen molar-refractivity contribution >= 4 is 11.9 Å². The molecule has 5 nitrogen and oxygen atoms in total. The van der Waals surface area contributed by atoms with E-state index in [0.29, 0.717) is 6.42 Å². The van der Waals surface area contributed by atoms with Gasteiger partial charge in [-0.1, -0.05) is 0 Å². The maximum atomic E-state index is 11.7. The van der Waals surface area contributed by atoms with Crippen molar-refractivity contribution in [1.82, 2.24) is 0 Å². The Morgan fingerprint density at radius 3 is 1.94 bits per heavy atom. The van der Waals surface area contributed by atoms with E-state index >= 15 is 0 Å². The summed E-state index contributed by atoms with van der Waals surface area (Å²) in [6.45, 7) is 6.62. The summed E-state index contributed by atoms with van der Waals surface area (Å²) in [5, 5.41) is 8.59. The van der Waals surface area contributed by atoms with Crippen LogP contribution >= 0.6 is 0 Å². The van der Waals surface area contributed by atoms with E-state index in [1.165, 1.54) is 7.11 Å². The van der Waals surface area contributed by atoms with Crippen molar-refractivity contribution in [1.29, 1.82) is 0 Å². The van der Waals surface area contributed by atoms with Gasteiger partial charge in [0.05, 0.1) is 24.5 Å². The van der Waals surface area contributed by atoms with Crippen LogP contribution in [0.4, 0.5) is 0 Å². The lowest BCUT2D eigenvalue weighted by molar-refractivity contribution is -0.161. The number of hydrogen-bond acceptors (Lipinski definition) is 5. The molecule has 1 N–H and O–H groups in total. The van der Waals surface area contributed by atoms with Gasteiger partial charge >= 0.3 is 11.9 Å². The van der Waals surface area contributed by atoms with Gasteiger partial charge in [0.15, 0.2) is 0 Å². The van der Waals surface area contributed by atoms with E-state index < -0.39 is 16.8 Å². The molecule has 100 valence electrons. The topological polar surface area (TPSA) is 72.8 Å². The zero-order chi connectivity index (χ0) is 13.7. The number of carbonyl (C=O) groups is 2. The monoisotopic (exact) mass is 246 g/mol. The standard InChI is InChI=1S/C12H22O5/c1-11(2,9(14)16-5)8-12(3,4)10(15)17-7-6-13/h13H,6-8H2,1-5H3. The average Bonchev–Trinajstić information content (AvgIpc) is 2.22. The highest BCUT2D eigenvalue weighted by Gasteiger charge is 2.40. The highest BCUT2D eigenvalue weighted by atomic mass is 16.5. The molecule has 0 unspecified atom stereocenters. The van der Waals surface area contributed by atoms with Crippen LogP contribution in [-0.4, -0.2) is 37.4 Å². The van der Waals surface area contributed by atoms with Gasteiger partial charge in [0.2, 0.25) is 0 Å². The number of aliphatic hydroxyl groups excluding tert-OH is 1. The molecule has 0 aromatic rings. The summed E-state index contributed by atoms with van der Waals surface area (Å²) < 4.78 is 9.56. The second kappa shape index (κ2) is 6.00. The summed E-state index contributed by atoms with van der Waals surface area (Å²) in [6, 6.07) is 0. The summed E-state index contributed by atoms with van der Waals surface area (Å²) in [7, 11) is 1.32. The van der Waals surface area contributed by atoms with Gasteiger partial charge in [0.1, 0.15) is 6.61 Å². The van der Waals surface area contributed by atoms with E-state index in [4.69, 9.17) is 14.6 Å². The van der Waals surface area contributed by atoms with Gasteiger partial charge in [-0.2, -0.15) is 0 Å². The van der Waals surface area contributed by atoms with Gasteiger partial charge in [-0.3, -0.25) is 9.59 Å². The van der Waals surface area contributed by atoms with Crippen molar-refractivity contribution in [2.75, 3.05) is 20.3 Å². The van der Waals surface area contributed by atoms with Crippen molar-refractivity contribution in [3.05, 3.63) is 0 Å². The van der Waals surface area contributed by atoms with Gasteiger partial charge in [0, 0.05) is 0 Å². The molecule has 0 aromatic carbocycles. The molecule has 5 heteroatoms. The number of rotatable bonds is 6. The highest BCUT2D eigenvalue weighted by Crippen LogP contribution is 2.35. The number of methoxy groups -OCH3 is 1. The zero-order valence-corrected chi connectivity index (χ0v) is 11.2. The SMILES string of the molecule is COC(=O)C(C)(C)CC(C)(C)C(=O)OCCO. The van der Waals surface area contributed by atoms with Crippen LogP contribution in [0, 0.1) is 10.8 Å². The Hall–Kier alpha value is -1.10. The normalized spacial score (nSPS) is 12.1. The van der Waals surface area contributed by atoms with E-state index in [-0.39, 0.29) is 19.2 Å². The lowest BCUT2D eigenvalue weighted by atomic mass is 9.75. The first-order chi connectivity index (χ1) is 7.67. The van der Waals surface area contributed by atoms with E-state index in [9.17, 15) is 9.59 Å². The summed E-state index contributed by atoms with van der Waals surface area (Å²) in [4.78, 5) is 23.3. The first-order valence-corrected chi connectivity index (χ1v) is 5.54. The molecular formula is C12H22O5. The molecule has 0 heterocycles. The van der Waals surface area contributed by atoms with Crippen molar-refractivity contribution < 1.29 is 24.2 Å². The molecule has 0 saturated heterocycles. The van der Waals surface area contributed by atoms with Crippen molar-refractivity contribution in [3.8, 4) is 0 Å². The smallest absolute Gasteiger partial charge is 0.311 e. The highest BCUT2D eigenvalue weighted by molar-refractivity contribution is 5.80. The predicted octanol–water partition coefficient (Wildman–Crippen LogP) is 1.14. The lowest BCUT2D eigenvalue weighted by Crippen LogP contribution is -2.37. The molecule has 0 aliphatic heterocycles. The molecule has 0 rings (SSSR count). The lowest BCUT2D eigenvalue weighted by Gasteiger charge is -2.31. The molecule has 0 saturated carbocycles. The number of carbonyl (C=O) groups excluding carboxylic acids is 2. The third kappa shape index (κ3) is 4.73. The predicted molar refractivity (Wildman–Crippen MR) is 62.2 cm³/mol. The van der Waals surface area contributed by atoms with Gasteiger partial charge in [0.25, 0.3) is 0 Å². The van der Waals surface area contributed by atoms with E-state index in [2.05, 4.69) is 0 Å². The van der Waals surface area contributed by atoms with Crippen LogP contribution in [-0.2, 0) is 19.1 Å². The Bertz CT molecular complexity index is 281. The summed E-state index contributed by atoms with van der Waals surface area (Å²) in [6.07, 6.45) is 0.316. The van der Waals surface area contributed by atoms with Gasteiger partial charge < -0.3 is 14.6 Å². The molecular weight excluding hydrogens is 224 g/mol. The first-order valence-electron chi connectivity index (χ1n) is 5.54. The van der Waals surface area contributed by atoms with Crippen LogP contribution in [0.25, 0.3) is 0 Å². The largest absolute Gasteiger partial charge is 0.469 e. The minimum absolute atomic E-state index is 0.0269. The van der Waals surface area contributed by atoms with E-state index in [0.717, 1.165) is 0 Å². The maximum Gasteiger partial charge on any atom is 0.311 e. The fourth-order valence-electron chi connectivity index (χ4n) is 1.86. The Morgan fingerprint density at radius 1 is 1.06 bits per heavy atom. The molecule has 0 aromatic heterocycles. The van der Waals surface area contributed by atoms with Gasteiger partial charge in [-0.15, -0.1) is 0 Å². The van der Waals surface area contributed by atoms with E-state index in [1.54, 1.807) is 27.7 Å². The molecule has 0 radical (unpaired) electrons. The Kier molecular flexibility index (Phi) is 5.61. The van der Waals surface area contributed by atoms with Crippen molar-refractivity contribution in [2.24, 2.45) is 10.8 Å². The Morgan fingerprint density at radius 2 is 1.53 bits per heavy atom. The number of esters is 2. The molecule has 0 spiro atoms. The molecule has 17 heavy (non-hydrogen) atoms. The number of aliphatic hydroxyl groups is 1. The Labute approximate surface area is 102 Å². The summed E-state index contributed by atoms with van der Waals surface area (Å²) >= 11 is 0. The van der Waals surface area contributed by atoms with Crippen LogP contribution in [0.5, 0.6) is 0 Å². The van der Waals surface area contributed by atoms with Crippen LogP contribution in [0.15, 0.2) is 0 Å². The Balaban J connectivity index is 4.62. The fourth-order valence-corrected chi connectivity index (χ4v) is 1.86. The third-order valence-electron chi connectivity index (χ3n) is 2.50. The van der Waals surface area contributed by atoms with Crippen LogP contribution < -0.4 is 0 Å². The zero-order valence-electron chi connectivity index (χ0n) is 11.2. The van der Waals surface area contributed by atoms with Gasteiger partial charge in [-0.05, 0) is 34.1 Å². The van der Waals surface area contributed by atoms with Crippen molar-refractivity contribution in [2.45, 2.75) is 34.1 Å². The summed E-state index contributed by atoms with van der Waals surface area (Å²) in [5.74, 6) is -0.788. The molecule has 0 aliphatic rings. The van der Waals surface area contributed by atoms with Crippen molar-refractivity contribution in [3.63, 3.8) is 0 Å². The third-order valence-corrected chi connectivity index (χ3v) is 2.50. The van der Waals surface area contributed by atoms with Crippen LogP contribution in [0.1, 0.15) is 34.1 Å². The van der Waals surface area contributed by atoms with E-state index in [1.807, 2.05) is 0 Å². The average molecular weight is 246 g/mol.